The number of ether oxygens (including phenoxy) is 2. The van der Waals surface area contributed by atoms with Crippen molar-refractivity contribution in [1.29, 1.82) is 0 Å². The Morgan fingerprint density at radius 3 is 2.23 bits per heavy atom. The minimum Gasteiger partial charge on any atom is -0.497 e. The van der Waals surface area contributed by atoms with E-state index in [1.165, 1.54) is 4.31 Å². The molecule has 228 valence electrons. The molecule has 15 heteroatoms. The van der Waals surface area contributed by atoms with Crippen molar-refractivity contribution in [2.24, 2.45) is 0 Å². The number of carbonyl (C=O) groups excluding carboxylic acids is 1. The number of piperazine rings is 1. The van der Waals surface area contributed by atoms with Crippen molar-refractivity contribution in [2.45, 2.75) is 25.4 Å². The number of morpholine rings is 1. The molecule has 0 bridgehead atoms. The molecule has 0 aliphatic carbocycles. The highest BCUT2D eigenvalue weighted by molar-refractivity contribution is 7.89. The minimum atomic E-state index is -5.08. The van der Waals surface area contributed by atoms with E-state index in [-0.39, 0.29) is 18.2 Å². The molecular weight excluding hydrogens is 557 g/mol. The number of hydrogen-bond donors (Lipinski definition) is 2. The zero-order chi connectivity index (χ0) is 29.6. The number of alkyl halides is 3. The highest BCUT2D eigenvalue weighted by Crippen LogP contribution is 2.14. The molecule has 40 heavy (non-hydrogen) atoms. The molecule has 1 aromatic rings. The van der Waals surface area contributed by atoms with E-state index in [1.54, 1.807) is 12.0 Å². The fraction of sp³-hybridized carbons (Fsp3) is 0.680. The molecule has 2 fully saturated rings. The van der Waals surface area contributed by atoms with E-state index in [2.05, 4.69) is 10.2 Å². The Balaban J connectivity index is 0.000000708. The fourth-order valence-electron chi connectivity index (χ4n) is 4.15. The van der Waals surface area contributed by atoms with Crippen LogP contribution in [0.2, 0.25) is 0 Å². The van der Waals surface area contributed by atoms with Crippen LogP contribution < -0.4 is 10.1 Å². The lowest BCUT2D eigenvalue weighted by atomic mass is 10.1. The van der Waals surface area contributed by atoms with Crippen molar-refractivity contribution in [3.63, 3.8) is 0 Å². The molecule has 2 heterocycles. The smallest absolute Gasteiger partial charge is 0.490 e. The number of carboxylic acids is 1. The van der Waals surface area contributed by atoms with Crippen LogP contribution in [0.3, 0.4) is 0 Å². The van der Waals surface area contributed by atoms with Gasteiger partial charge in [-0.05, 0) is 30.5 Å². The van der Waals surface area contributed by atoms with E-state index in [0.717, 1.165) is 50.6 Å². The lowest BCUT2D eigenvalue weighted by molar-refractivity contribution is -0.192. The van der Waals surface area contributed by atoms with Gasteiger partial charge < -0.3 is 24.8 Å². The third-order valence-electron chi connectivity index (χ3n) is 6.48. The van der Waals surface area contributed by atoms with Crippen molar-refractivity contribution in [2.75, 3.05) is 85.0 Å². The minimum absolute atomic E-state index is 0.00306. The molecule has 0 radical (unpaired) electrons. The van der Waals surface area contributed by atoms with Crippen molar-refractivity contribution >= 4 is 21.9 Å². The van der Waals surface area contributed by atoms with Gasteiger partial charge in [0.1, 0.15) is 5.75 Å². The Bertz CT molecular complexity index is 1010. The molecule has 2 aliphatic rings. The van der Waals surface area contributed by atoms with Crippen molar-refractivity contribution in [3.8, 4) is 5.75 Å². The van der Waals surface area contributed by atoms with Gasteiger partial charge in [-0.2, -0.15) is 17.5 Å². The van der Waals surface area contributed by atoms with Gasteiger partial charge in [0, 0.05) is 65.3 Å². The van der Waals surface area contributed by atoms with Gasteiger partial charge in [-0.25, -0.2) is 13.2 Å². The summed E-state index contributed by atoms with van der Waals surface area (Å²) in [5.41, 5.74) is 1.06. The van der Waals surface area contributed by atoms with Gasteiger partial charge in [0.15, 0.2) is 0 Å². The van der Waals surface area contributed by atoms with Gasteiger partial charge in [0.2, 0.25) is 15.9 Å². The molecule has 3 rings (SSSR count). The van der Waals surface area contributed by atoms with Crippen molar-refractivity contribution in [3.05, 3.63) is 29.8 Å². The number of sulfonamides is 1. The number of benzene rings is 1. The zero-order valence-electron chi connectivity index (χ0n) is 22.7. The fourth-order valence-corrected chi connectivity index (χ4v) is 5.60. The summed E-state index contributed by atoms with van der Waals surface area (Å²) >= 11 is 0. The SMILES string of the molecule is COc1ccc(CCC(=O)N(CCCN2CCOCC2)CCS(=O)(=O)N2CCNCC2)cc1.O=C(O)C(F)(F)F. The number of amides is 1. The number of rotatable bonds is 12. The van der Waals surface area contributed by atoms with Crippen LogP contribution in [-0.2, 0) is 30.8 Å². The summed E-state index contributed by atoms with van der Waals surface area (Å²) in [7, 11) is -1.75. The van der Waals surface area contributed by atoms with Gasteiger partial charge in [0.25, 0.3) is 0 Å². The first kappa shape index (κ1) is 33.7. The standard InChI is InChI=1S/C23H38N4O5S.C2HF3O2/c1-31-22-6-3-21(4-7-22)5-8-23(28)26(12-2-11-25-15-18-32-19-16-25)17-20-33(29,30)27-13-9-24-10-14-27;3-2(4,5)1(6)7/h3-4,6-7,24H,2,5,8-20H2,1H3;(H,6,7). The van der Waals surface area contributed by atoms with Gasteiger partial charge >= 0.3 is 12.1 Å². The van der Waals surface area contributed by atoms with Crippen molar-refractivity contribution < 1.29 is 45.8 Å². The number of carbonyl (C=O) groups is 2. The van der Waals surface area contributed by atoms with Crippen LogP contribution in [0, 0.1) is 0 Å². The van der Waals surface area contributed by atoms with E-state index in [1.807, 2.05) is 24.3 Å². The van der Waals surface area contributed by atoms with Crippen LogP contribution >= 0.6 is 0 Å². The second-order valence-electron chi connectivity index (χ2n) is 9.30. The predicted octanol–water partition coefficient (Wildman–Crippen LogP) is 1.05. The lowest BCUT2D eigenvalue weighted by Gasteiger charge is -2.30. The van der Waals surface area contributed by atoms with Gasteiger partial charge in [-0.15, -0.1) is 0 Å². The molecule has 1 aromatic carbocycles. The molecule has 0 unspecified atom stereocenters. The van der Waals surface area contributed by atoms with Crippen LogP contribution in [-0.4, -0.2) is 131 Å². The molecule has 1 amide bonds. The first-order chi connectivity index (χ1) is 18.9. The largest absolute Gasteiger partial charge is 0.497 e. The Morgan fingerprint density at radius 2 is 1.68 bits per heavy atom. The Hall–Kier alpha value is -2.46. The first-order valence-electron chi connectivity index (χ1n) is 13.1. The summed E-state index contributed by atoms with van der Waals surface area (Å²) in [5, 5.41) is 10.3. The number of nitrogens with one attached hydrogen (secondary N) is 1. The number of nitrogens with zero attached hydrogens (tertiary/aromatic N) is 3. The molecule has 2 N–H and O–H groups in total. The highest BCUT2D eigenvalue weighted by atomic mass is 32.2. The quantitative estimate of drug-likeness (QED) is 0.364. The zero-order valence-corrected chi connectivity index (χ0v) is 23.5. The van der Waals surface area contributed by atoms with E-state index >= 15 is 0 Å². The average Bonchev–Trinajstić information content (AvgIpc) is 2.94. The van der Waals surface area contributed by atoms with Gasteiger partial charge in [-0.1, -0.05) is 12.1 Å². The monoisotopic (exact) mass is 596 g/mol. The van der Waals surface area contributed by atoms with Crippen LogP contribution in [0.15, 0.2) is 24.3 Å². The maximum Gasteiger partial charge on any atom is 0.490 e. The van der Waals surface area contributed by atoms with Gasteiger partial charge in [-0.3, -0.25) is 9.69 Å². The molecule has 0 saturated carbocycles. The summed E-state index contributed by atoms with van der Waals surface area (Å²) in [6.07, 6.45) is -3.28. The van der Waals surface area contributed by atoms with Crippen LogP contribution in [0.1, 0.15) is 18.4 Å². The van der Waals surface area contributed by atoms with E-state index < -0.39 is 22.2 Å². The van der Waals surface area contributed by atoms with E-state index in [9.17, 15) is 26.4 Å². The van der Waals surface area contributed by atoms with Crippen LogP contribution in [0.25, 0.3) is 0 Å². The number of halogens is 3. The number of methoxy groups -OCH3 is 1. The number of aryl methyl sites for hydroxylation is 1. The number of hydrogen-bond acceptors (Lipinski definition) is 8. The third-order valence-corrected chi connectivity index (χ3v) is 8.33. The summed E-state index contributed by atoms with van der Waals surface area (Å²) in [5.74, 6) is -2.00. The number of aliphatic carboxylic acids is 1. The van der Waals surface area contributed by atoms with E-state index in [4.69, 9.17) is 19.4 Å². The average molecular weight is 597 g/mol. The maximum absolute atomic E-state index is 13.1. The van der Waals surface area contributed by atoms with Crippen LogP contribution in [0.4, 0.5) is 13.2 Å². The molecule has 2 aliphatic heterocycles. The first-order valence-corrected chi connectivity index (χ1v) is 14.7. The van der Waals surface area contributed by atoms with Crippen molar-refractivity contribution in [1.82, 2.24) is 19.4 Å². The Labute approximate surface area is 233 Å². The predicted molar refractivity (Wildman–Crippen MR) is 142 cm³/mol. The summed E-state index contributed by atoms with van der Waals surface area (Å²) in [6.45, 7) is 7.30. The van der Waals surface area contributed by atoms with E-state index in [0.29, 0.717) is 45.6 Å². The molecular formula is C25H39F3N4O7S. The maximum atomic E-state index is 13.1. The lowest BCUT2D eigenvalue weighted by Crippen LogP contribution is -2.48. The topological polar surface area (TPSA) is 129 Å². The molecule has 0 aromatic heterocycles. The van der Waals surface area contributed by atoms with Crippen LogP contribution in [0.5, 0.6) is 5.75 Å². The summed E-state index contributed by atoms with van der Waals surface area (Å²) in [4.78, 5) is 26.0. The summed E-state index contributed by atoms with van der Waals surface area (Å²) in [6, 6.07) is 7.70. The second-order valence-corrected chi connectivity index (χ2v) is 11.4. The molecule has 2 saturated heterocycles. The second kappa shape index (κ2) is 16.7. The Morgan fingerprint density at radius 1 is 1.07 bits per heavy atom. The normalized spacial score (nSPS) is 17.0. The molecule has 0 spiro atoms. The van der Waals surface area contributed by atoms with Gasteiger partial charge in [0.05, 0.1) is 26.1 Å². The third kappa shape index (κ3) is 12.4. The highest BCUT2D eigenvalue weighted by Gasteiger charge is 2.38. The number of carboxylic acid groups (broad SMARTS) is 1. The summed E-state index contributed by atoms with van der Waals surface area (Å²) < 4.78 is 69.5. The Kier molecular flexibility index (Phi) is 14.1. The molecule has 0 atom stereocenters. The molecule has 11 nitrogen and oxygen atoms in total.